The van der Waals surface area contributed by atoms with E-state index in [1.54, 1.807) is 6.92 Å². The molecule has 2 rings (SSSR count). The molecule has 20 heavy (non-hydrogen) atoms. The molecule has 1 aliphatic heterocycles. The molecule has 0 bridgehead atoms. The maximum absolute atomic E-state index is 13.5. The number of sulfonamides is 1. The summed E-state index contributed by atoms with van der Waals surface area (Å²) in [5.41, 5.74) is 5.62. The van der Waals surface area contributed by atoms with E-state index in [4.69, 9.17) is 5.73 Å². The second-order valence-corrected chi connectivity index (χ2v) is 6.95. The van der Waals surface area contributed by atoms with E-state index in [0.29, 0.717) is 24.9 Å². The van der Waals surface area contributed by atoms with Gasteiger partial charge in [0.1, 0.15) is 5.82 Å². The largest absolute Gasteiger partial charge is 0.369 e. The van der Waals surface area contributed by atoms with Gasteiger partial charge in [-0.2, -0.15) is 4.31 Å². The molecule has 2 N–H and O–H groups in total. The van der Waals surface area contributed by atoms with Crippen LogP contribution in [-0.2, 0) is 14.8 Å². The highest BCUT2D eigenvalue weighted by atomic mass is 32.2. The number of nitrogens with zero attached hydrogens (tertiary/aromatic N) is 1. The molecule has 110 valence electrons. The van der Waals surface area contributed by atoms with E-state index in [1.807, 2.05) is 0 Å². The molecule has 0 unspecified atom stereocenters. The van der Waals surface area contributed by atoms with Crippen molar-refractivity contribution < 1.29 is 17.6 Å². The van der Waals surface area contributed by atoms with Crippen molar-refractivity contribution in [3.05, 3.63) is 29.6 Å². The van der Waals surface area contributed by atoms with Gasteiger partial charge in [0.05, 0.1) is 10.8 Å². The molecule has 1 fully saturated rings. The number of amides is 1. The quantitative estimate of drug-likeness (QED) is 0.905. The summed E-state index contributed by atoms with van der Waals surface area (Å²) in [5, 5.41) is 0. The van der Waals surface area contributed by atoms with E-state index in [9.17, 15) is 17.6 Å². The van der Waals surface area contributed by atoms with Crippen LogP contribution >= 0.6 is 0 Å². The molecule has 0 aromatic heterocycles. The van der Waals surface area contributed by atoms with Crippen molar-refractivity contribution in [1.82, 2.24) is 4.31 Å². The number of aryl methyl sites for hydroxylation is 1. The minimum Gasteiger partial charge on any atom is -0.369 e. The predicted octanol–water partition coefficient (Wildman–Crippen LogP) is 1.02. The number of halogens is 1. The predicted molar refractivity (Wildman–Crippen MR) is 71.8 cm³/mol. The van der Waals surface area contributed by atoms with Crippen LogP contribution in [-0.4, -0.2) is 31.7 Å². The maximum atomic E-state index is 13.5. The Morgan fingerprint density at radius 3 is 2.75 bits per heavy atom. The van der Waals surface area contributed by atoms with Gasteiger partial charge in [0.2, 0.25) is 15.9 Å². The van der Waals surface area contributed by atoms with Gasteiger partial charge in [0, 0.05) is 13.1 Å². The zero-order valence-electron chi connectivity index (χ0n) is 11.2. The minimum atomic E-state index is -3.78. The first kappa shape index (κ1) is 14.9. The van der Waals surface area contributed by atoms with E-state index in [-0.39, 0.29) is 11.4 Å². The molecule has 0 saturated carbocycles. The molecular weight excluding hydrogens is 283 g/mol. The Labute approximate surface area is 117 Å². The molecule has 5 nitrogen and oxygen atoms in total. The van der Waals surface area contributed by atoms with E-state index < -0.39 is 27.7 Å². The summed E-state index contributed by atoms with van der Waals surface area (Å²) >= 11 is 0. The summed E-state index contributed by atoms with van der Waals surface area (Å²) in [6, 6.07) is 3.82. The van der Waals surface area contributed by atoms with Crippen LogP contribution in [0.1, 0.15) is 18.4 Å². The summed E-state index contributed by atoms with van der Waals surface area (Å²) in [7, 11) is -3.78. The van der Waals surface area contributed by atoms with Crippen molar-refractivity contribution >= 4 is 15.9 Å². The number of piperidine rings is 1. The second kappa shape index (κ2) is 5.49. The lowest BCUT2D eigenvalue weighted by molar-refractivity contribution is -0.122. The van der Waals surface area contributed by atoms with Gasteiger partial charge in [-0.3, -0.25) is 4.79 Å². The number of hydrogen-bond donors (Lipinski definition) is 1. The van der Waals surface area contributed by atoms with Gasteiger partial charge in [-0.25, -0.2) is 12.8 Å². The number of rotatable bonds is 3. The summed E-state index contributed by atoms with van der Waals surface area (Å²) in [6.45, 7) is 1.95. The topological polar surface area (TPSA) is 80.5 Å². The second-order valence-electron chi connectivity index (χ2n) is 5.02. The van der Waals surface area contributed by atoms with Gasteiger partial charge in [-0.1, -0.05) is 6.07 Å². The van der Waals surface area contributed by atoms with E-state index >= 15 is 0 Å². The zero-order valence-corrected chi connectivity index (χ0v) is 12.0. The van der Waals surface area contributed by atoms with E-state index in [1.165, 1.54) is 16.4 Å². The van der Waals surface area contributed by atoms with Crippen LogP contribution in [0.2, 0.25) is 0 Å². The van der Waals surface area contributed by atoms with Gasteiger partial charge in [0.25, 0.3) is 0 Å². The van der Waals surface area contributed by atoms with Gasteiger partial charge in [-0.15, -0.1) is 0 Å². The number of nitrogens with two attached hydrogens (primary N) is 1. The smallest absolute Gasteiger partial charge is 0.243 e. The Kier molecular flexibility index (Phi) is 4.10. The Morgan fingerprint density at radius 1 is 1.45 bits per heavy atom. The zero-order chi connectivity index (χ0) is 14.9. The third-order valence-electron chi connectivity index (χ3n) is 3.57. The van der Waals surface area contributed by atoms with Crippen LogP contribution in [0.4, 0.5) is 4.39 Å². The van der Waals surface area contributed by atoms with Crippen molar-refractivity contribution in [2.24, 2.45) is 11.7 Å². The SMILES string of the molecule is Cc1ccc(S(=O)(=O)N2CCC[C@H](C(N)=O)C2)cc1F. The van der Waals surface area contributed by atoms with Crippen molar-refractivity contribution in [1.29, 1.82) is 0 Å². The number of carbonyl (C=O) groups is 1. The molecule has 1 aliphatic rings. The number of carbonyl (C=O) groups excluding carboxylic acids is 1. The van der Waals surface area contributed by atoms with Gasteiger partial charge in [-0.05, 0) is 37.5 Å². The average molecular weight is 300 g/mol. The van der Waals surface area contributed by atoms with E-state index in [0.717, 1.165) is 6.07 Å². The van der Waals surface area contributed by atoms with Crippen molar-refractivity contribution in [2.45, 2.75) is 24.7 Å². The van der Waals surface area contributed by atoms with Crippen LogP contribution in [0.15, 0.2) is 23.1 Å². The molecule has 1 amide bonds. The van der Waals surface area contributed by atoms with Crippen LogP contribution in [0.3, 0.4) is 0 Å². The highest BCUT2D eigenvalue weighted by molar-refractivity contribution is 7.89. The van der Waals surface area contributed by atoms with Crippen LogP contribution < -0.4 is 5.73 Å². The Morgan fingerprint density at radius 2 is 2.15 bits per heavy atom. The summed E-state index contributed by atoms with van der Waals surface area (Å²) < 4.78 is 39.6. The number of primary amides is 1. The Balaban J connectivity index is 2.29. The van der Waals surface area contributed by atoms with Crippen molar-refractivity contribution in [3.8, 4) is 0 Å². The first-order chi connectivity index (χ1) is 9.32. The normalized spacial score (nSPS) is 20.8. The molecule has 1 heterocycles. The lowest BCUT2D eigenvalue weighted by Crippen LogP contribution is -2.44. The fraction of sp³-hybridized carbons (Fsp3) is 0.462. The van der Waals surface area contributed by atoms with Crippen molar-refractivity contribution in [2.75, 3.05) is 13.1 Å². The van der Waals surface area contributed by atoms with Crippen LogP contribution in [0.5, 0.6) is 0 Å². The highest BCUT2D eigenvalue weighted by Crippen LogP contribution is 2.24. The Bertz CT molecular complexity index is 631. The monoisotopic (exact) mass is 300 g/mol. The first-order valence-corrected chi connectivity index (χ1v) is 7.82. The Hall–Kier alpha value is -1.47. The number of hydrogen-bond acceptors (Lipinski definition) is 3. The molecule has 0 spiro atoms. The highest BCUT2D eigenvalue weighted by Gasteiger charge is 2.32. The fourth-order valence-corrected chi connectivity index (χ4v) is 3.81. The first-order valence-electron chi connectivity index (χ1n) is 6.38. The van der Waals surface area contributed by atoms with Crippen LogP contribution in [0.25, 0.3) is 0 Å². The third kappa shape index (κ3) is 2.83. The molecule has 7 heteroatoms. The third-order valence-corrected chi connectivity index (χ3v) is 5.43. The van der Waals surface area contributed by atoms with Gasteiger partial charge in [0.15, 0.2) is 0 Å². The van der Waals surface area contributed by atoms with E-state index in [2.05, 4.69) is 0 Å². The summed E-state index contributed by atoms with van der Waals surface area (Å²) in [4.78, 5) is 11.1. The molecule has 1 saturated heterocycles. The minimum absolute atomic E-state index is 0.0627. The molecule has 0 aliphatic carbocycles. The fourth-order valence-electron chi connectivity index (χ4n) is 2.28. The van der Waals surface area contributed by atoms with Crippen LogP contribution in [0, 0.1) is 18.7 Å². The summed E-state index contributed by atoms with van der Waals surface area (Å²) in [5.74, 6) is -1.54. The lowest BCUT2D eigenvalue weighted by atomic mass is 9.99. The lowest BCUT2D eigenvalue weighted by Gasteiger charge is -2.30. The molecular formula is C13H17FN2O3S. The molecule has 0 radical (unpaired) electrons. The number of benzene rings is 1. The standard InChI is InChI=1S/C13H17FN2O3S/c1-9-4-5-11(7-12(9)14)20(18,19)16-6-2-3-10(8-16)13(15)17/h4-5,7,10H,2-3,6,8H2,1H3,(H2,15,17)/t10-/m0/s1. The van der Waals surface area contributed by atoms with Gasteiger partial charge < -0.3 is 5.73 Å². The van der Waals surface area contributed by atoms with Crippen molar-refractivity contribution in [3.63, 3.8) is 0 Å². The average Bonchev–Trinajstić information content (AvgIpc) is 2.42. The summed E-state index contributed by atoms with van der Waals surface area (Å²) in [6.07, 6.45) is 1.16. The van der Waals surface area contributed by atoms with Gasteiger partial charge >= 0.3 is 0 Å². The maximum Gasteiger partial charge on any atom is 0.243 e. The molecule has 1 aromatic carbocycles. The molecule has 1 atom stereocenters. The molecule has 1 aromatic rings.